The highest BCUT2D eigenvalue weighted by atomic mass is 16.1. The molecule has 0 atom stereocenters. The lowest BCUT2D eigenvalue weighted by molar-refractivity contribution is 0.0951. The summed E-state index contributed by atoms with van der Waals surface area (Å²) >= 11 is 0. The minimum atomic E-state index is -0.0817. The molecule has 1 aromatic carbocycles. The Labute approximate surface area is 154 Å². The molecule has 0 aliphatic heterocycles. The van der Waals surface area contributed by atoms with Crippen LogP contribution in [0.15, 0.2) is 55.0 Å². The van der Waals surface area contributed by atoms with Gasteiger partial charge in [-0.1, -0.05) is 39.0 Å². The molecule has 1 amide bonds. The fraction of sp³-hybridized carbons (Fsp3) is 0.286. The van der Waals surface area contributed by atoms with Crippen LogP contribution in [0.4, 0.5) is 0 Å². The number of nitrogens with one attached hydrogen (secondary N) is 1. The lowest BCUT2D eigenvalue weighted by Crippen LogP contribution is -2.23. The standard InChI is InChI=1S/C21H24N4O/c1-21(2,3)18-8-6-16(7-9-18)20(26)23-12-15-5-10-19(22-11-15)17-13-24-25(4)14-17/h5-11,13-14H,12H2,1-4H3,(H,23,26). The molecule has 26 heavy (non-hydrogen) atoms. The molecule has 0 aliphatic rings. The smallest absolute Gasteiger partial charge is 0.251 e. The zero-order valence-electron chi connectivity index (χ0n) is 15.7. The first-order chi connectivity index (χ1) is 12.3. The number of carbonyl (C=O) groups excluding carboxylic acids is 1. The number of hydrogen-bond acceptors (Lipinski definition) is 3. The summed E-state index contributed by atoms with van der Waals surface area (Å²) in [5.74, 6) is -0.0817. The van der Waals surface area contributed by atoms with Crippen LogP contribution in [0.25, 0.3) is 11.3 Å². The molecular formula is C21H24N4O. The first-order valence-electron chi connectivity index (χ1n) is 8.65. The van der Waals surface area contributed by atoms with Gasteiger partial charge in [-0.3, -0.25) is 14.5 Å². The Hall–Kier alpha value is -2.95. The second kappa shape index (κ2) is 7.12. The van der Waals surface area contributed by atoms with Crippen molar-refractivity contribution < 1.29 is 4.79 Å². The van der Waals surface area contributed by atoms with Crippen LogP contribution in [-0.4, -0.2) is 20.7 Å². The number of rotatable bonds is 4. The number of hydrogen-bond donors (Lipinski definition) is 1. The Morgan fingerprint density at radius 3 is 2.35 bits per heavy atom. The molecule has 0 unspecified atom stereocenters. The van der Waals surface area contributed by atoms with E-state index in [2.05, 4.69) is 36.2 Å². The van der Waals surface area contributed by atoms with E-state index in [4.69, 9.17) is 0 Å². The summed E-state index contributed by atoms with van der Waals surface area (Å²) in [4.78, 5) is 16.8. The second-order valence-corrected chi connectivity index (χ2v) is 7.46. The SMILES string of the molecule is Cn1cc(-c2ccc(CNC(=O)c3ccc(C(C)(C)C)cc3)cn2)cn1. The topological polar surface area (TPSA) is 59.8 Å². The molecule has 5 heteroatoms. The predicted molar refractivity (Wildman–Crippen MR) is 103 cm³/mol. The molecular weight excluding hydrogens is 324 g/mol. The monoisotopic (exact) mass is 348 g/mol. The molecule has 0 radical (unpaired) electrons. The van der Waals surface area contributed by atoms with E-state index < -0.39 is 0 Å². The molecule has 2 heterocycles. The first-order valence-corrected chi connectivity index (χ1v) is 8.65. The van der Waals surface area contributed by atoms with E-state index in [1.54, 1.807) is 17.1 Å². The van der Waals surface area contributed by atoms with Crippen molar-refractivity contribution in [1.82, 2.24) is 20.1 Å². The Bertz CT molecular complexity index is 887. The maximum atomic E-state index is 12.3. The van der Waals surface area contributed by atoms with Gasteiger partial charge in [0.15, 0.2) is 0 Å². The third kappa shape index (κ3) is 4.17. The first kappa shape index (κ1) is 17.9. The third-order valence-electron chi connectivity index (χ3n) is 4.29. The zero-order valence-corrected chi connectivity index (χ0v) is 15.7. The highest BCUT2D eigenvalue weighted by Gasteiger charge is 2.14. The van der Waals surface area contributed by atoms with Crippen LogP contribution in [0.1, 0.15) is 42.3 Å². The van der Waals surface area contributed by atoms with Gasteiger partial charge in [0, 0.05) is 37.1 Å². The fourth-order valence-electron chi connectivity index (χ4n) is 2.66. The van der Waals surface area contributed by atoms with E-state index in [-0.39, 0.29) is 11.3 Å². The second-order valence-electron chi connectivity index (χ2n) is 7.46. The summed E-state index contributed by atoms with van der Waals surface area (Å²) in [6.45, 7) is 6.92. The van der Waals surface area contributed by atoms with Crippen LogP contribution in [0.5, 0.6) is 0 Å². The van der Waals surface area contributed by atoms with Gasteiger partial charge in [0.2, 0.25) is 0 Å². The molecule has 0 bridgehead atoms. The van der Waals surface area contributed by atoms with Gasteiger partial charge in [0.05, 0.1) is 11.9 Å². The summed E-state index contributed by atoms with van der Waals surface area (Å²) in [5.41, 5.74) is 4.75. The maximum absolute atomic E-state index is 12.3. The minimum Gasteiger partial charge on any atom is -0.348 e. The van der Waals surface area contributed by atoms with Crippen LogP contribution < -0.4 is 5.32 Å². The molecule has 3 aromatic rings. The van der Waals surface area contributed by atoms with E-state index in [1.807, 2.05) is 49.6 Å². The fourth-order valence-corrected chi connectivity index (χ4v) is 2.66. The van der Waals surface area contributed by atoms with Crippen molar-refractivity contribution in [2.45, 2.75) is 32.7 Å². The van der Waals surface area contributed by atoms with E-state index in [1.165, 1.54) is 5.56 Å². The Kier molecular flexibility index (Phi) is 4.89. The van der Waals surface area contributed by atoms with Gasteiger partial charge in [-0.15, -0.1) is 0 Å². The zero-order chi connectivity index (χ0) is 18.7. The highest BCUT2D eigenvalue weighted by molar-refractivity contribution is 5.94. The lowest BCUT2D eigenvalue weighted by atomic mass is 9.87. The number of carbonyl (C=O) groups is 1. The quantitative estimate of drug-likeness (QED) is 0.782. The number of pyridine rings is 1. The van der Waals surface area contributed by atoms with Crippen molar-refractivity contribution in [3.63, 3.8) is 0 Å². The van der Waals surface area contributed by atoms with Gasteiger partial charge < -0.3 is 5.32 Å². The van der Waals surface area contributed by atoms with Crippen molar-refractivity contribution in [2.75, 3.05) is 0 Å². The summed E-state index contributed by atoms with van der Waals surface area (Å²) in [6, 6.07) is 11.7. The van der Waals surface area contributed by atoms with Crippen molar-refractivity contribution in [3.8, 4) is 11.3 Å². The van der Waals surface area contributed by atoms with E-state index >= 15 is 0 Å². The summed E-state index contributed by atoms with van der Waals surface area (Å²) < 4.78 is 1.75. The molecule has 0 spiro atoms. The number of aryl methyl sites for hydroxylation is 1. The van der Waals surface area contributed by atoms with Gasteiger partial charge in [-0.2, -0.15) is 5.10 Å². The van der Waals surface area contributed by atoms with Crippen molar-refractivity contribution in [3.05, 3.63) is 71.7 Å². The van der Waals surface area contributed by atoms with Gasteiger partial charge in [-0.05, 0) is 34.7 Å². The average Bonchev–Trinajstić information content (AvgIpc) is 3.06. The van der Waals surface area contributed by atoms with E-state index in [9.17, 15) is 4.79 Å². The summed E-state index contributed by atoms with van der Waals surface area (Å²) in [7, 11) is 1.88. The van der Waals surface area contributed by atoms with Crippen LogP contribution in [0, 0.1) is 0 Å². The molecule has 5 nitrogen and oxygen atoms in total. The van der Waals surface area contributed by atoms with Crippen LogP contribution in [-0.2, 0) is 19.0 Å². The summed E-state index contributed by atoms with van der Waals surface area (Å²) in [5, 5.41) is 7.09. The Morgan fingerprint density at radius 2 is 1.81 bits per heavy atom. The summed E-state index contributed by atoms with van der Waals surface area (Å²) in [6.07, 6.45) is 5.49. The molecule has 1 N–H and O–H groups in total. The third-order valence-corrected chi connectivity index (χ3v) is 4.29. The van der Waals surface area contributed by atoms with Crippen LogP contribution >= 0.6 is 0 Å². The molecule has 0 fully saturated rings. The molecule has 3 rings (SSSR count). The van der Waals surface area contributed by atoms with E-state index in [0.29, 0.717) is 12.1 Å². The van der Waals surface area contributed by atoms with Gasteiger partial charge in [-0.25, -0.2) is 0 Å². The predicted octanol–water partition coefficient (Wildman–Crippen LogP) is 3.71. The molecule has 2 aromatic heterocycles. The van der Waals surface area contributed by atoms with Gasteiger partial charge in [0.25, 0.3) is 5.91 Å². The normalized spacial score (nSPS) is 11.4. The maximum Gasteiger partial charge on any atom is 0.251 e. The number of nitrogens with zero attached hydrogens (tertiary/aromatic N) is 3. The van der Waals surface area contributed by atoms with Crippen LogP contribution in [0.2, 0.25) is 0 Å². The highest BCUT2D eigenvalue weighted by Crippen LogP contribution is 2.22. The number of amides is 1. The Morgan fingerprint density at radius 1 is 1.08 bits per heavy atom. The van der Waals surface area contributed by atoms with Gasteiger partial charge in [0.1, 0.15) is 0 Å². The van der Waals surface area contributed by atoms with Gasteiger partial charge >= 0.3 is 0 Å². The largest absolute Gasteiger partial charge is 0.348 e. The van der Waals surface area contributed by atoms with Crippen LogP contribution in [0.3, 0.4) is 0 Å². The lowest BCUT2D eigenvalue weighted by Gasteiger charge is -2.19. The molecule has 134 valence electrons. The van der Waals surface area contributed by atoms with E-state index in [0.717, 1.165) is 16.8 Å². The minimum absolute atomic E-state index is 0.0801. The molecule has 0 aliphatic carbocycles. The Balaban J connectivity index is 1.61. The molecule has 0 saturated heterocycles. The number of benzene rings is 1. The number of aromatic nitrogens is 3. The molecule has 0 saturated carbocycles. The van der Waals surface area contributed by atoms with Crippen molar-refractivity contribution >= 4 is 5.91 Å². The van der Waals surface area contributed by atoms with Crippen molar-refractivity contribution in [1.29, 1.82) is 0 Å². The van der Waals surface area contributed by atoms with Crippen molar-refractivity contribution in [2.24, 2.45) is 7.05 Å². The average molecular weight is 348 g/mol.